The molecule has 3 nitrogen and oxygen atoms in total. The Hall–Kier alpha value is -1.42. The lowest BCUT2D eigenvalue weighted by atomic mass is 10.1. The molecule has 5 heteroatoms. The fourth-order valence-corrected chi connectivity index (χ4v) is 1.38. The summed E-state index contributed by atoms with van der Waals surface area (Å²) in [7, 11) is 0. The summed E-state index contributed by atoms with van der Waals surface area (Å²) in [5.41, 5.74) is -0.0885. The number of fused-ring (bicyclic) bond motifs is 1. The molecule has 1 aliphatic heterocycles. The third kappa shape index (κ3) is 1.10. The van der Waals surface area contributed by atoms with E-state index in [1.54, 1.807) is 0 Å². The van der Waals surface area contributed by atoms with Crippen LogP contribution in [0.2, 0.25) is 5.02 Å². The molecule has 0 saturated carbocycles. The number of nitrogens with one attached hydrogen (secondary N) is 1. The number of carbonyl (C=O) groups excluding carboxylic acids is 2. The van der Waals surface area contributed by atoms with Crippen molar-refractivity contribution < 1.29 is 14.0 Å². The number of hydrogen-bond acceptors (Lipinski definition) is 2. The van der Waals surface area contributed by atoms with Crippen LogP contribution in [-0.4, -0.2) is 11.7 Å². The first-order valence-corrected chi connectivity index (χ1v) is 3.82. The van der Waals surface area contributed by atoms with Crippen molar-refractivity contribution >= 4 is 29.0 Å². The van der Waals surface area contributed by atoms with Crippen LogP contribution in [0, 0.1) is 5.82 Å². The first-order valence-electron chi connectivity index (χ1n) is 3.44. The van der Waals surface area contributed by atoms with Crippen LogP contribution in [0.15, 0.2) is 12.1 Å². The van der Waals surface area contributed by atoms with Crippen LogP contribution in [-0.2, 0) is 4.79 Å². The second-order valence-electron chi connectivity index (χ2n) is 2.59. The minimum atomic E-state index is -0.823. The van der Waals surface area contributed by atoms with Crippen LogP contribution < -0.4 is 5.32 Å². The summed E-state index contributed by atoms with van der Waals surface area (Å²) in [6.45, 7) is 0. The highest BCUT2D eigenvalue weighted by atomic mass is 35.5. The highest BCUT2D eigenvalue weighted by molar-refractivity contribution is 6.52. The molecule has 2 rings (SSSR count). The van der Waals surface area contributed by atoms with Crippen LogP contribution >= 0.6 is 11.6 Å². The average Bonchev–Trinajstić information content (AvgIpc) is 2.32. The molecule has 0 fully saturated rings. The SMILES string of the molecule is O=C1Nc2c(F)cc(Cl)cc2C1=O. The fraction of sp³-hybridized carbons (Fsp3) is 0. The van der Waals surface area contributed by atoms with Gasteiger partial charge in [0, 0.05) is 5.02 Å². The Balaban J connectivity index is 2.70. The number of amides is 1. The van der Waals surface area contributed by atoms with Gasteiger partial charge in [-0.3, -0.25) is 9.59 Å². The summed E-state index contributed by atoms with van der Waals surface area (Å²) < 4.78 is 13.0. The maximum Gasteiger partial charge on any atom is 0.296 e. The van der Waals surface area contributed by atoms with Crippen molar-refractivity contribution in [3.63, 3.8) is 0 Å². The van der Waals surface area contributed by atoms with Crippen molar-refractivity contribution in [3.8, 4) is 0 Å². The summed E-state index contributed by atoms with van der Waals surface area (Å²) in [5.74, 6) is -2.27. The van der Waals surface area contributed by atoms with Gasteiger partial charge in [-0.2, -0.15) is 0 Å². The third-order valence-corrected chi connectivity index (χ3v) is 1.96. The normalized spacial score (nSPS) is 14.3. The Morgan fingerprint density at radius 2 is 2.00 bits per heavy atom. The number of ketones is 1. The molecule has 0 aliphatic carbocycles. The smallest absolute Gasteiger partial charge is 0.296 e. The van der Waals surface area contributed by atoms with Crippen LogP contribution in [0.1, 0.15) is 10.4 Å². The monoisotopic (exact) mass is 199 g/mol. The fourth-order valence-electron chi connectivity index (χ4n) is 1.17. The zero-order valence-electron chi connectivity index (χ0n) is 6.23. The van der Waals surface area contributed by atoms with Crippen molar-refractivity contribution in [1.82, 2.24) is 0 Å². The number of halogens is 2. The predicted octanol–water partition coefficient (Wildman–Crippen LogP) is 1.61. The summed E-state index contributed by atoms with van der Waals surface area (Å²) in [6.07, 6.45) is 0. The van der Waals surface area contributed by atoms with E-state index in [9.17, 15) is 14.0 Å². The van der Waals surface area contributed by atoms with E-state index in [-0.39, 0.29) is 16.3 Å². The van der Waals surface area contributed by atoms with Crippen LogP contribution in [0.5, 0.6) is 0 Å². The van der Waals surface area contributed by atoms with Crippen molar-refractivity contribution in [2.24, 2.45) is 0 Å². The lowest BCUT2D eigenvalue weighted by molar-refractivity contribution is -0.112. The van der Waals surface area contributed by atoms with E-state index in [1.165, 1.54) is 6.07 Å². The van der Waals surface area contributed by atoms with E-state index >= 15 is 0 Å². The maximum atomic E-state index is 13.0. The molecule has 13 heavy (non-hydrogen) atoms. The van der Waals surface area contributed by atoms with Gasteiger partial charge in [0.2, 0.25) is 0 Å². The van der Waals surface area contributed by atoms with Gasteiger partial charge in [-0.1, -0.05) is 11.6 Å². The van der Waals surface area contributed by atoms with Gasteiger partial charge in [0.1, 0.15) is 5.82 Å². The van der Waals surface area contributed by atoms with Crippen molar-refractivity contribution in [2.75, 3.05) is 5.32 Å². The Kier molecular flexibility index (Phi) is 1.60. The molecule has 1 amide bonds. The van der Waals surface area contributed by atoms with Crippen molar-refractivity contribution in [3.05, 3.63) is 28.5 Å². The number of Topliss-reactive ketones (excluding diaryl/α,β-unsaturated/α-hetero) is 1. The van der Waals surface area contributed by atoms with E-state index < -0.39 is 17.5 Å². The molecule has 0 aromatic heterocycles. The zero-order chi connectivity index (χ0) is 9.59. The molecule has 1 N–H and O–H groups in total. The number of carbonyl (C=O) groups is 2. The van der Waals surface area contributed by atoms with Gasteiger partial charge in [0.15, 0.2) is 0 Å². The Bertz CT molecular complexity index is 430. The predicted molar refractivity (Wildman–Crippen MR) is 44.4 cm³/mol. The maximum absolute atomic E-state index is 13.0. The first kappa shape index (κ1) is 8.19. The topological polar surface area (TPSA) is 46.2 Å². The number of rotatable bonds is 0. The minimum absolute atomic E-state index is 0.00463. The second-order valence-corrected chi connectivity index (χ2v) is 3.03. The summed E-state index contributed by atoms with van der Waals surface area (Å²) >= 11 is 5.51. The summed E-state index contributed by atoms with van der Waals surface area (Å²) in [6, 6.07) is 2.31. The quantitative estimate of drug-likeness (QED) is 0.646. The lowest BCUT2D eigenvalue weighted by Crippen LogP contribution is -2.12. The minimum Gasteiger partial charge on any atom is -0.316 e. The van der Waals surface area contributed by atoms with E-state index in [0.717, 1.165) is 6.07 Å². The molecular formula is C8H3ClFNO2. The molecule has 0 unspecified atom stereocenters. The van der Waals surface area contributed by atoms with Gasteiger partial charge in [-0.25, -0.2) is 4.39 Å². The van der Waals surface area contributed by atoms with E-state index in [2.05, 4.69) is 5.32 Å². The molecule has 0 saturated heterocycles. The highest BCUT2D eigenvalue weighted by Crippen LogP contribution is 2.29. The second kappa shape index (κ2) is 2.53. The molecule has 1 aromatic carbocycles. The van der Waals surface area contributed by atoms with Gasteiger partial charge in [0.25, 0.3) is 11.7 Å². The van der Waals surface area contributed by atoms with Gasteiger partial charge in [-0.15, -0.1) is 0 Å². The van der Waals surface area contributed by atoms with E-state index in [0.29, 0.717) is 0 Å². The van der Waals surface area contributed by atoms with Crippen LogP contribution in [0.25, 0.3) is 0 Å². The summed E-state index contributed by atoms with van der Waals surface area (Å²) in [5, 5.41) is 2.22. The molecular weight excluding hydrogens is 197 g/mol. The van der Waals surface area contributed by atoms with Crippen LogP contribution in [0.3, 0.4) is 0 Å². The molecule has 0 spiro atoms. The van der Waals surface area contributed by atoms with Crippen molar-refractivity contribution in [2.45, 2.75) is 0 Å². The van der Waals surface area contributed by atoms with Crippen molar-refractivity contribution in [1.29, 1.82) is 0 Å². The Morgan fingerprint density at radius 3 is 2.69 bits per heavy atom. The van der Waals surface area contributed by atoms with Gasteiger partial charge < -0.3 is 5.32 Å². The molecule has 1 aliphatic rings. The standard InChI is InChI=1S/C8H3ClFNO2/c9-3-1-4-6(5(10)2-3)11-8(13)7(4)12/h1-2H,(H,11,12,13). The van der Waals surface area contributed by atoms with Gasteiger partial charge >= 0.3 is 0 Å². The van der Waals surface area contributed by atoms with Gasteiger partial charge in [0.05, 0.1) is 11.3 Å². The molecule has 0 atom stereocenters. The zero-order valence-corrected chi connectivity index (χ0v) is 6.98. The lowest BCUT2D eigenvalue weighted by Gasteiger charge is -1.98. The molecule has 66 valence electrons. The Labute approximate surface area is 77.5 Å². The van der Waals surface area contributed by atoms with E-state index in [4.69, 9.17) is 11.6 Å². The molecule has 0 bridgehead atoms. The third-order valence-electron chi connectivity index (χ3n) is 1.74. The first-order chi connectivity index (χ1) is 6.09. The molecule has 1 heterocycles. The number of anilines is 1. The van der Waals surface area contributed by atoms with E-state index in [1.807, 2.05) is 0 Å². The largest absolute Gasteiger partial charge is 0.316 e. The van der Waals surface area contributed by atoms with Gasteiger partial charge in [-0.05, 0) is 12.1 Å². The molecule has 0 radical (unpaired) electrons. The number of hydrogen-bond donors (Lipinski definition) is 1. The number of benzene rings is 1. The highest BCUT2D eigenvalue weighted by Gasteiger charge is 2.30. The Morgan fingerprint density at radius 1 is 1.31 bits per heavy atom. The average molecular weight is 200 g/mol. The van der Waals surface area contributed by atoms with Crippen LogP contribution in [0.4, 0.5) is 10.1 Å². The summed E-state index contributed by atoms with van der Waals surface area (Å²) in [4.78, 5) is 21.9. The molecule has 1 aromatic rings.